The van der Waals surface area contributed by atoms with Gasteiger partial charge in [0.2, 0.25) is 0 Å². The number of rotatable bonds is 2. The van der Waals surface area contributed by atoms with Crippen LogP contribution in [-0.2, 0) is 0 Å². The summed E-state index contributed by atoms with van der Waals surface area (Å²) in [5.41, 5.74) is 4.79. The topological polar surface area (TPSA) is 74.4 Å². The highest BCUT2D eigenvalue weighted by Gasteiger charge is 2.05. The summed E-state index contributed by atoms with van der Waals surface area (Å²) in [5, 5.41) is 0.194. The van der Waals surface area contributed by atoms with Gasteiger partial charge in [0.25, 0.3) is 0 Å². The number of primary amides is 1. The van der Waals surface area contributed by atoms with Gasteiger partial charge in [0.1, 0.15) is 0 Å². The Morgan fingerprint density at radius 1 is 1.69 bits per heavy atom. The number of hydrogen-bond acceptors (Lipinski definition) is 4. The first-order valence-electron chi connectivity index (χ1n) is 3.30. The normalized spacial score (nSPS) is 9.38. The summed E-state index contributed by atoms with van der Waals surface area (Å²) in [6, 6.07) is 1.42. The molecule has 5 nitrogen and oxygen atoms in total. The lowest BCUT2D eigenvalue weighted by Gasteiger charge is -2.04. The van der Waals surface area contributed by atoms with Crippen LogP contribution in [0.3, 0.4) is 0 Å². The second-order valence-electron chi connectivity index (χ2n) is 2.09. The number of hydrogen-bond donors (Lipinski definition) is 1. The van der Waals surface area contributed by atoms with Gasteiger partial charge in [-0.3, -0.25) is 0 Å². The van der Waals surface area contributed by atoms with E-state index in [0.717, 1.165) is 0 Å². The number of amides is 1. The predicted molar refractivity (Wildman–Crippen MR) is 46.0 cm³/mol. The summed E-state index contributed by atoms with van der Waals surface area (Å²) in [7, 11) is 1.43. The maximum absolute atomic E-state index is 10.4. The van der Waals surface area contributed by atoms with Crippen LogP contribution in [0.5, 0.6) is 11.5 Å². The van der Waals surface area contributed by atoms with Crippen molar-refractivity contribution in [1.82, 2.24) is 4.98 Å². The number of nitrogens with two attached hydrogens (primary N) is 1. The number of methoxy groups -OCH3 is 1. The molecule has 0 saturated heterocycles. The van der Waals surface area contributed by atoms with E-state index in [4.69, 9.17) is 22.1 Å². The molecule has 0 radical (unpaired) electrons. The molecule has 0 fully saturated rings. The first-order chi connectivity index (χ1) is 6.13. The van der Waals surface area contributed by atoms with Gasteiger partial charge in [-0.05, 0) is 0 Å². The third kappa shape index (κ3) is 2.48. The summed E-state index contributed by atoms with van der Waals surface area (Å²) in [6.45, 7) is 0. The summed E-state index contributed by atoms with van der Waals surface area (Å²) in [4.78, 5) is 14.1. The van der Waals surface area contributed by atoms with E-state index in [-0.39, 0.29) is 10.9 Å². The summed E-state index contributed by atoms with van der Waals surface area (Å²) >= 11 is 5.63. The summed E-state index contributed by atoms with van der Waals surface area (Å²) < 4.78 is 9.39. The number of carbonyl (C=O) groups is 1. The highest BCUT2D eigenvalue weighted by Crippen LogP contribution is 2.25. The lowest BCUT2D eigenvalue weighted by molar-refractivity contribution is 0.210. The molecule has 0 saturated carbocycles. The Labute approximate surface area is 79.4 Å². The van der Waals surface area contributed by atoms with Gasteiger partial charge in [0, 0.05) is 6.07 Å². The van der Waals surface area contributed by atoms with Crippen molar-refractivity contribution in [2.45, 2.75) is 0 Å². The molecule has 1 aromatic rings. The van der Waals surface area contributed by atoms with Crippen LogP contribution < -0.4 is 15.2 Å². The zero-order chi connectivity index (χ0) is 9.84. The fourth-order valence-corrected chi connectivity index (χ4v) is 0.906. The fourth-order valence-electron chi connectivity index (χ4n) is 0.725. The molecule has 0 aliphatic rings. The van der Waals surface area contributed by atoms with Crippen LogP contribution in [0, 0.1) is 0 Å². The van der Waals surface area contributed by atoms with Gasteiger partial charge < -0.3 is 15.2 Å². The van der Waals surface area contributed by atoms with Crippen molar-refractivity contribution < 1.29 is 14.3 Å². The minimum atomic E-state index is -0.911. The number of ether oxygens (including phenoxy) is 2. The molecule has 1 rings (SSSR count). The molecule has 13 heavy (non-hydrogen) atoms. The molecule has 70 valence electrons. The predicted octanol–water partition coefficient (Wildman–Crippen LogP) is 1.20. The third-order valence-corrected chi connectivity index (χ3v) is 1.50. The number of carbonyl (C=O) groups excluding carboxylic acids is 1. The molecule has 0 aromatic carbocycles. The van der Waals surface area contributed by atoms with E-state index in [9.17, 15) is 4.79 Å². The van der Waals surface area contributed by atoms with E-state index < -0.39 is 6.09 Å². The Balaban J connectivity index is 2.92. The molecule has 2 N–H and O–H groups in total. The van der Waals surface area contributed by atoms with Gasteiger partial charge >= 0.3 is 6.09 Å². The number of nitrogens with zero attached hydrogens (tertiary/aromatic N) is 1. The SMILES string of the molecule is COc1cc(OC(N)=O)cnc1Cl. The number of halogens is 1. The summed E-state index contributed by atoms with van der Waals surface area (Å²) in [6.07, 6.45) is 0.362. The Bertz CT molecular complexity index is 330. The van der Waals surface area contributed by atoms with Crippen molar-refractivity contribution in [2.24, 2.45) is 5.73 Å². The Morgan fingerprint density at radius 3 is 2.92 bits per heavy atom. The van der Waals surface area contributed by atoms with Crippen LogP contribution in [0.25, 0.3) is 0 Å². The molecule has 0 atom stereocenters. The molecule has 0 aliphatic carbocycles. The standard InChI is InChI=1S/C7H7ClN2O3/c1-12-5-2-4(13-7(9)11)3-10-6(5)8/h2-3H,1H3,(H2,9,11). The molecular formula is C7H7ClN2O3. The van der Waals surface area contributed by atoms with Crippen molar-refractivity contribution in [2.75, 3.05) is 7.11 Å². The van der Waals surface area contributed by atoms with Crippen LogP contribution in [0.4, 0.5) is 4.79 Å². The maximum Gasteiger partial charge on any atom is 0.410 e. The molecule has 0 bridgehead atoms. The van der Waals surface area contributed by atoms with Gasteiger partial charge in [0.15, 0.2) is 16.7 Å². The zero-order valence-corrected chi connectivity index (χ0v) is 7.54. The fraction of sp³-hybridized carbons (Fsp3) is 0.143. The number of pyridine rings is 1. The zero-order valence-electron chi connectivity index (χ0n) is 6.78. The van der Waals surface area contributed by atoms with Crippen molar-refractivity contribution >= 4 is 17.7 Å². The van der Waals surface area contributed by atoms with Gasteiger partial charge in [-0.15, -0.1) is 0 Å². The molecule has 1 heterocycles. The van der Waals surface area contributed by atoms with Gasteiger partial charge in [-0.25, -0.2) is 9.78 Å². The maximum atomic E-state index is 10.4. The minimum absolute atomic E-state index is 0.189. The highest BCUT2D eigenvalue weighted by atomic mass is 35.5. The Hall–Kier alpha value is -1.49. The van der Waals surface area contributed by atoms with E-state index in [1.165, 1.54) is 19.4 Å². The molecular weight excluding hydrogens is 196 g/mol. The molecule has 1 aromatic heterocycles. The quantitative estimate of drug-likeness (QED) is 0.732. The molecule has 0 spiro atoms. The van der Waals surface area contributed by atoms with Crippen LogP contribution >= 0.6 is 11.6 Å². The van der Waals surface area contributed by atoms with E-state index in [1.807, 2.05) is 0 Å². The first kappa shape index (κ1) is 9.60. The van der Waals surface area contributed by atoms with E-state index in [0.29, 0.717) is 5.75 Å². The smallest absolute Gasteiger partial charge is 0.410 e. The lowest BCUT2D eigenvalue weighted by atomic mass is 10.4. The Morgan fingerprint density at radius 2 is 2.38 bits per heavy atom. The molecule has 0 unspecified atom stereocenters. The molecule has 6 heteroatoms. The molecule has 0 aliphatic heterocycles. The highest BCUT2D eigenvalue weighted by molar-refractivity contribution is 6.30. The summed E-state index contributed by atoms with van der Waals surface area (Å²) in [5.74, 6) is 0.508. The second-order valence-corrected chi connectivity index (χ2v) is 2.44. The largest absolute Gasteiger partial charge is 0.493 e. The second kappa shape index (κ2) is 3.95. The first-order valence-corrected chi connectivity index (χ1v) is 3.68. The van der Waals surface area contributed by atoms with Crippen LogP contribution in [-0.4, -0.2) is 18.2 Å². The monoisotopic (exact) mass is 202 g/mol. The average Bonchev–Trinajstić information content (AvgIpc) is 2.07. The lowest BCUT2D eigenvalue weighted by Crippen LogP contribution is -2.16. The van der Waals surface area contributed by atoms with E-state index in [2.05, 4.69) is 9.72 Å². The van der Waals surface area contributed by atoms with Crippen LogP contribution in [0.1, 0.15) is 0 Å². The third-order valence-electron chi connectivity index (χ3n) is 1.22. The van der Waals surface area contributed by atoms with Crippen molar-refractivity contribution in [3.8, 4) is 11.5 Å². The number of aromatic nitrogens is 1. The van der Waals surface area contributed by atoms with Crippen LogP contribution in [0.2, 0.25) is 5.15 Å². The Kier molecular flexibility index (Phi) is 2.92. The minimum Gasteiger partial charge on any atom is -0.493 e. The van der Waals surface area contributed by atoms with E-state index >= 15 is 0 Å². The van der Waals surface area contributed by atoms with Crippen molar-refractivity contribution in [1.29, 1.82) is 0 Å². The average molecular weight is 203 g/mol. The van der Waals surface area contributed by atoms with Gasteiger partial charge in [-0.2, -0.15) is 0 Å². The van der Waals surface area contributed by atoms with Gasteiger partial charge in [0.05, 0.1) is 13.3 Å². The van der Waals surface area contributed by atoms with Crippen molar-refractivity contribution in [3.05, 3.63) is 17.4 Å². The van der Waals surface area contributed by atoms with Crippen LogP contribution in [0.15, 0.2) is 12.3 Å². The molecule has 1 amide bonds. The van der Waals surface area contributed by atoms with Gasteiger partial charge in [-0.1, -0.05) is 11.6 Å². The van der Waals surface area contributed by atoms with E-state index in [1.54, 1.807) is 0 Å². The van der Waals surface area contributed by atoms with Crippen molar-refractivity contribution in [3.63, 3.8) is 0 Å².